The third kappa shape index (κ3) is 5.08. The van der Waals surface area contributed by atoms with E-state index < -0.39 is 29.6 Å². The summed E-state index contributed by atoms with van der Waals surface area (Å²) < 4.78 is 18.2. The molecular formula is C22H27N3O7. The summed E-state index contributed by atoms with van der Waals surface area (Å²) in [6, 6.07) is 6.29. The molecule has 1 unspecified atom stereocenters. The zero-order chi connectivity index (χ0) is 23.3. The number of Topliss-reactive ketones (excluding diaryl/α,β-unsaturated/α-hetero) is 1. The van der Waals surface area contributed by atoms with Crippen LogP contribution in [0.1, 0.15) is 46.9 Å². The Morgan fingerprint density at radius 2 is 1.94 bits per heavy atom. The van der Waals surface area contributed by atoms with Gasteiger partial charge in [-0.2, -0.15) is 0 Å². The normalized spacial score (nSPS) is 15.5. The van der Waals surface area contributed by atoms with Crippen molar-refractivity contribution in [2.24, 2.45) is 7.05 Å². The minimum Gasteiger partial charge on any atom is -0.491 e. The van der Waals surface area contributed by atoms with Crippen LogP contribution in [-0.4, -0.2) is 46.8 Å². The van der Waals surface area contributed by atoms with Crippen molar-refractivity contribution in [1.29, 1.82) is 0 Å². The Bertz CT molecular complexity index is 1100. The highest BCUT2D eigenvalue weighted by Gasteiger charge is 2.23. The molecule has 1 aromatic heterocycles. The van der Waals surface area contributed by atoms with E-state index in [4.69, 9.17) is 19.9 Å². The Hall–Kier alpha value is -3.40. The summed E-state index contributed by atoms with van der Waals surface area (Å²) >= 11 is 0. The van der Waals surface area contributed by atoms with Crippen LogP contribution >= 0.6 is 0 Å². The lowest BCUT2D eigenvalue weighted by atomic mass is 10.2. The van der Waals surface area contributed by atoms with Crippen LogP contribution in [0.15, 0.2) is 33.9 Å². The summed E-state index contributed by atoms with van der Waals surface area (Å²) in [6.07, 6.45) is 2.65. The zero-order valence-corrected chi connectivity index (χ0v) is 18.2. The predicted molar refractivity (Wildman–Crippen MR) is 116 cm³/mol. The van der Waals surface area contributed by atoms with Gasteiger partial charge in [-0.3, -0.25) is 18.7 Å². The highest BCUT2D eigenvalue weighted by molar-refractivity contribution is 6.02. The van der Waals surface area contributed by atoms with Crippen molar-refractivity contribution in [3.05, 3.63) is 56.2 Å². The minimum absolute atomic E-state index is 0.0810. The van der Waals surface area contributed by atoms with Gasteiger partial charge in [0.1, 0.15) is 23.7 Å². The second-order valence-corrected chi connectivity index (χ2v) is 7.53. The topological polar surface area (TPSA) is 132 Å². The largest absolute Gasteiger partial charge is 0.491 e. The number of nitrogens with two attached hydrogens (primary N) is 1. The van der Waals surface area contributed by atoms with E-state index in [-0.39, 0.29) is 29.6 Å². The van der Waals surface area contributed by atoms with E-state index in [1.54, 1.807) is 12.1 Å². The van der Waals surface area contributed by atoms with E-state index in [0.29, 0.717) is 18.8 Å². The number of rotatable bonds is 9. The molecule has 2 N–H and O–H groups in total. The first-order chi connectivity index (χ1) is 15.3. The summed E-state index contributed by atoms with van der Waals surface area (Å²) in [5.41, 5.74) is 4.33. The number of aromatic nitrogens is 2. The number of carbonyl (C=O) groups excluding carboxylic acids is 2. The highest BCUT2D eigenvalue weighted by atomic mass is 16.5. The van der Waals surface area contributed by atoms with Gasteiger partial charge in [0, 0.05) is 20.2 Å². The Morgan fingerprint density at radius 1 is 1.22 bits per heavy atom. The molecule has 0 amide bonds. The second-order valence-electron chi connectivity index (χ2n) is 7.53. The number of esters is 1. The number of ether oxygens (including phenoxy) is 3. The molecule has 0 spiro atoms. The summed E-state index contributed by atoms with van der Waals surface area (Å²) in [7, 11) is 1.27. The average Bonchev–Trinajstić information content (AvgIpc) is 3.32. The molecule has 0 aliphatic carbocycles. The van der Waals surface area contributed by atoms with Gasteiger partial charge in [0.2, 0.25) is 5.78 Å². The van der Waals surface area contributed by atoms with Gasteiger partial charge in [-0.05, 0) is 43.5 Å². The summed E-state index contributed by atoms with van der Waals surface area (Å²) in [5, 5.41) is 0. The lowest BCUT2D eigenvalue weighted by Gasteiger charge is -2.14. The third-order valence-electron chi connectivity index (χ3n) is 5.19. The van der Waals surface area contributed by atoms with Crippen molar-refractivity contribution < 1.29 is 23.8 Å². The van der Waals surface area contributed by atoms with Gasteiger partial charge in [-0.25, -0.2) is 9.59 Å². The van der Waals surface area contributed by atoms with Gasteiger partial charge >= 0.3 is 11.7 Å². The summed E-state index contributed by atoms with van der Waals surface area (Å²) in [6.45, 7) is 2.59. The SMILES string of the molecule is CCCn1c(N)c(C(=O)COC(=O)c2ccc(OCC3CCCO3)cc2)c(=O)n(C)c1=O. The number of benzene rings is 1. The van der Waals surface area contributed by atoms with Crippen LogP contribution in [0.2, 0.25) is 0 Å². The molecule has 32 heavy (non-hydrogen) atoms. The van der Waals surface area contributed by atoms with E-state index in [1.165, 1.54) is 19.2 Å². The summed E-state index contributed by atoms with van der Waals surface area (Å²) in [5.74, 6) is -1.16. The molecule has 1 aromatic carbocycles. The van der Waals surface area contributed by atoms with E-state index in [9.17, 15) is 19.2 Å². The number of carbonyl (C=O) groups is 2. The number of ketones is 1. The van der Waals surface area contributed by atoms with Gasteiger partial charge in [0.15, 0.2) is 6.61 Å². The lowest BCUT2D eigenvalue weighted by molar-refractivity contribution is 0.0474. The van der Waals surface area contributed by atoms with Crippen molar-refractivity contribution >= 4 is 17.6 Å². The predicted octanol–water partition coefficient (Wildman–Crippen LogP) is 1.14. The van der Waals surface area contributed by atoms with Gasteiger partial charge in [-0.15, -0.1) is 0 Å². The quantitative estimate of drug-likeness (QED) is 0.449. The van der Waals surface area contributed by atoms with Crippen LogP contribution in [-0.2, 0) is 23.1 Å². The van der Waals surface area contributed by atoms with E-state index in [1.807, 2.05) is 6.92 Å². The fourth-order valence-corrected chi connectivity index (χ4v) is 3.42. The molecule has 1 fully saturated rings. The van der Waals surface area contributed by atoms with E-state index >= 15 is 0 Å². The van der Waals surface area contributed by atoms with Crippen molar-refractivity contribution in [3.8, 4) is 5.75 Å². The number of nitrogen functional groups attached to an aromatic ring is 1. The van der Waals surface area contributed by atoms with Crippen LogP contribution in [0.3, 0.4) is 0 Å². The van der Waals surface area contributed by atoms with Gasteiger partial charge in [0.05, 0.1) is 11.7 Å². The van der Waals surface area contributed by atoms with Gasteiger partial charge in [0.25, 0.3) is 5.56 Å². The van der Waals surface area contributed by atoms with E-state index in [2.05, 4.69) is 0 Å². The summed E-state index contributed by atoms with van der Waals surface area (Å²) in [4.78, 5) is 49.5. The second kappa shape index (κ2) is 10.3. The molecule has 0 radical (unpaired) electrons. The van der Waals surface area contributed by atoms with Crippen LogP contribution in [0.5, 0.6) is 5.75 Å². The van der Waals surface area contributed by atoms with E-state index in [0.717, 1.165) is 28.6 Å². The fourth-order valence-electron chi connectivity index (χ4n) is 3.42. The molecule has 2 heterocycles. The van der Waals surface area contributed by atoms with Gasteiger partial charge < -0.3 is 19.9 Å². The van der Waals surface area contributed by atoms with Crippen molar-refractivity contribution in [2.75, 3.05) is 25.6 Å². The Morgan fingerprint density at radius 3 is 2.56 bits per heavy atom. The minimum atomic E-state index is -0.825. The Balaban J connectivity index is 1.64. The average molecular weight is 445 g/mol. The van der Waals surface area contributed by atoms with Gasteiger partial charge in [-0.1, -0.05) is 6.92 Å². The van der Waals surface area contributed by atoms with Crippen LogP contribution in [0.25, 0.3) is 0 Å². The first-order valence-corrected chi connectivity index (χ1v) is 10.5. The van der Waals surface area contributed by atoms with Crippen molar-refractivity contribution in [3.63, 3.8) is 0 Å². The molecular weight excluding hydrogens is 418 g/mol. The molecule has 0 saturated carbocycles. The molecule has 2 aromatic rings. The molecule has 0 bridgehead atoms. The molecule has 1 aliphatic rings. The first-order valence-electron chi connectivity index (χ1n) is 10.5. The third-order valence-corrected chi connectivity index (χ3v) is 5.19. The number of hydrogen-bond acceptors (Lipinski definition) is 8. The van der Waals surface area contributed by atoms with Crippen molar-refractivity contribution in [2.45, 2.75) is 38.8 Å². The monoisotopic (exact) mass is 445 g/mol. The first kappa shape index (κ1) is 23.3. The lowest BCUT2D eigenvalue weighted by Crippen LogP contribution is -2.43. The maximum absolute atomic E-state index is 12.6. The molecule has 10 heteroatoms. The number of anilines is 1. The van der Waals surface area contributed by atoms with Crippen LogP contribution < -0.4 is 21.7 Å². The maximum Gasteiger partial charge on any atom is 0.338 e. The number of hydrogen-bond donors (Lipinski definition) is 1. The number of nitrogens with zero attached hydrogens (tertiary/aromatic N) is 2. The molecule has 1 aliphatic heterocycles. The molecule has 1 saturated heterocycles. The van der Waals surface area contributed by atoms with Crippen molar-refractivity contribution in [1.82, 2.24) is 9.13 Å². The Kier molecular flexibility index (Phi) is 7.47. The fraction of sp³-hybridized carbons (Fsp3) is 0.455. The molecule has 10 nitrogen and oxygen atoms in total. The standard InChI is InChI=1S/C22H27N3O7/c1-3-10-25-19(23)18(20(27)24(2)22(25)29)17(26)13-32-21(28)14-6-8-15(9-7-14)31-12-16-5-4-11-30-16/h6-9,16H,3-5,10-13,23H2,1-2H3. The molecule has 172 valence electrons. The van der Waals surface area contributed by atoms with Crippen LogP contribution in [0.4, 0.5) is 5.82 Å². The maximum atomic E-state index is 12.6. The van der Waals surface area contributed by atoms with Crippen LogP contribution in [0, 0.1) is 0 Å². The molecule has 1 atom stereocenters. The smallest absolute Gasteiger partial charge is 0.338 e. The highest BCUT2D eigenvalue weighted by Crippen LogP contribution is 2.17. The Labute approximate surface area is 184 Å². The molecule has 3 rings (SSSR count). The zero-order valence-electron chi connectivity index (χ0n) is 18.2.